The van der Waals surface area contributed by atoms with Gasteiger partial charge in [0.15, 0.2) is 0 Å². The molecule has 0 saturated heterocycles. The maximum Gasteiger partial charge on any atom is 0.320 e. The van der Waals surface area contributed by atoms with Gasteiger partial charge in [0.05, 0.1) is 0 Å². The Bertz CT molecular complexity index is 877. The average molecular weight is 342 g/mol. The van der Waals surface area contributed by atoms with Crippen LogP contribution >= 0.6 is 0 Å². The van der Waals surface area contributed by atoms with Crippen LogP contribution in [0.2, 0.25) is 0 Å². The smallest absolute Gasteiger partial charge is 0.320 e. The van der Waals surface area contributed by atoms with Crippen LogP contribution in [0.25, 0.3) is 0 Å². The third kappa shape index (κ3) is 4.00. The minimum absolute atomic E-state index is 0.392. The van der Waals surface area contributed by atoms with Crippen molar-refractivity contribution in [2.75, 3.05) is 5.32 Å². The molecule has 2 aromatic carbocycles. The van der Waals surface area contributed by atoms with Crippen LogP contribution in [0.3, 0.4) is 0 Å². The minimum atomic E-state index is -0.642. The van der Waals surface area contributed by atoms with Gasteiger partial charge in [-0.25, -0.2) is 18.6 Å². The summed E-state index contributed by atoms with van der Waals surface area (Å²) in [5.74, 6) is -0.242. The highest BCUT2D eigenvalue weighted by molar-refractivity contribution is 5.89. The second kappa shape index (κ2) is 7.12. The summed E-state index contributed by atoms with van der Waals surface area (Å²) >= 11 is 0. The lowest BCUT2D eigenvalue weighted by molar-refractivity contribution is 0.249. The largest absolute Gasteiger partial charge is 0.336 e. The number of halogens is 2. The Hall–Kier alpha value is -3.22. The van der Waals surface area contributed by atoms with Crippen molar-refractivity contribution in [1.82, 2.24) is 14.9 Å². The van der Waals surface area contributed by atoms with E-state index in [0.29, 0.717) is 17.1 Å². The molecule has 5 nitrogen and oxygen atoms in total. The molecule has 0 saturated carbocycles. The number of urea groups is 1. The quantitative estimate of drug-likeness (QED) is 0.761. The molecule has 2 N–H and O–H groups in total. The first-order chi connectivity index (χ1) is 12.0. The summed E-state index contributed by atoms with van der Waals surface area (Å²) in [7, 11) is 1.79. The second-order valence-electron chi connectivity index (χ2n) is 5.49. The number of amides is 2. The highest BCUT2D eigenvalue weighted by atomic mass is 19.1. The van der Waals surface area contributed by atoms with E-state index in [9.17, 15) is 13.6 Å². The standard InChI is InChI=1S/C18H16F2N4O/c1-24-10-9-21-17(24)16(12-3-2-4-14(20)11-12)23-18(25)22-15-7-5-13(19)6-8-15/h2-11,16H,1H3,(H2,22,23,25). The lowest BCUT2D eigenvalue weighted by Gasteiger charge is -2.19. The maximum atomic E-state index is 13.6. The fraction of sp³-hybridized carbons (Fsp3) is 0.111. The Morgan fingerprint density at radius 2 is 1.88 bits per heavy atom. The van der Waals surface area contributed by atoms with Crippen LogP contribution in [0.1, 0.15) is 17.4 Å². The molecular weight excluding hydrogens is 326 g/mol. The molecule has 3 aromatic rings. The van der Waals surface area contributed by atoms with Gasteiger partial charge in [0, 0.05) is 25.1 Å². The molecular formula is C18H16F2N4O. The molecule has 25 heavy (non-hydrogen) atoms. The zero-order valence-electron chi connectivity index (χ0n) is 13.4. The molecule has 7 heteroatoms. The van der Waals surface area contributed by atoms with Gasteiger partial charge in [0.2, 0.25) is 0 Å². The van der Waals surface area contributed by atoms with Crippen molar-refractivity contribution in [3.63, 3.8) is 0 Å². The average Bonchev–Trinajstić information content (AvgIpc) is 3.00. The van der Waals surface area contributed by atoms with Crippen LogP contribution in [-0.2, 0) is 7.05 Å². The van der Waals surface area contributed by atoms with E-state index >= 15 is 0 Å². The Kier molecular flexibility index (Phi) is 4.74. The number of carbonyl (C=O) groups excluding carboxylic acids is 1. The first-order valence-corrected chi connectivity index (χ1v) is 7.59. The third-order valence-corrected chi connectivity index (χ3v) is 3.68. The van der Waals surface area contributed by atoms with Crippen LogP contribution in [-0.4, -0.2) is 15.6 Å². The van der Waals surface area contributed by atoms with E-state index in [1.807, 2.05) is 0 Å². The molecule has 1 aromatic heterocycles. The van der Waals surface area contributed by atoms with Crippen LogP contribution < -0.4 is 10.6 Å². The normalized spacial score (nSPS) is 11.8. The van der Waals surface area contributed by atoms with Crippen molar-refractivity contribution >= 4 is 11.7 Å². The Morgan fingerprint density at radius 3 is 2.52 bits per heavy atom. The number of benzene rings is 2. The second-order valence-corrected chi connectivity index (χ2v) is 5.49. The van der Waals surface area contributed by atoms with Crippen LogP contribution in [0.4, 0.5) is 19.3 Å². The van der Waals surface area contributed by atoms with E-state index in [1.165, 1.54) is 36.4 Å². The number of nitrogens with one attached hydrogen (secondary N) is 2. The highest BCUT2D eigenvalue weighted by Gasteiger charge is 2.21. The Balaban J connectivity index is 1.83. The molecule has 1 heterocycles. The van der Waals surface area contributed by atoms with Crippen molar-refractivity contribution in [2.24, 2.45) is 7.05 Å². The number of carbonyl (C=O) groups is 1. The third-order valence-electron chi connectivity index (χ3n) is 3.68. The van der Waals surface area contributed by atoms with Crippen molar-refractivity contribution in [3.05, 3.63) is 83.9 Å². The van der Waals surface area contributed by atoms with E-state index in [4.69, 9.17) is 0 Å². The van der Waals surface area contributed by atoms with Gasteiger partial charge in [-0.3, -0.25) is 0 Å². The number of imidazole rings is 1. The van der Waals surface area contributed by atoms with Crippen LogP contribution in [0.5, 0.6) is 0 Å². The molecule has 0 radical (unpaired) electrons. The highest BCUT2D eigenvalue weighted by Crippen LogP contribution is 2.21. The molecule has 0 bridgehead atoms. The Labute approximate surface area is 143 Å². The molecule has 3 rings (SSSR count). The van der Waals surface area contributed by atoms with Crippen molar-refractivity contribution in [2.45, 2.75) is 6.04 Å². The van der Waals surface area contributed by atoms with Crippen molar-refractivity contribution in [3.8, 4) is 0 Å². The number of rotatable bonds is 4. The monoisotopic (exact) mass is 342 g/mol. The van der Waals surface area contributed by atoms with Crippen molar-refractivity contribution < 1.29 is 13.6 Å². The van der Waals surface area contributed by atoms with E-state index in [-0.39, 0.29) is 0 Å². The van der Waals surface area contributed by atoms with Gasteiger partial charge in [-0.15, -0.1) is 0 Å². The topological polar surface area (TPSA) is 59.0 Å². The number of anilines is 1. The summed E-state index contributed by atoms with van der Waals surface area (Å²) in [5.41, 5.74) is 1.00. The fourth-order valence-corrected chi connectivity index (χ4v) is 2.47. The predicted molar refractivity (Wildman–Crippen MR) is 90.0 cm³/mol. The number of aromatic nitrogens is 2. The predicted octanol–water partition coefficient (Wildman–Crippen LogP) is 3.61. The van der Waals surface area contributed by atoms with E-state index in [0.717, 1.165) is 0 Å². The molecule has 0 spiro atoms. The van der Waals surface area contributed by atoms with Crippen molar-refractivity contribution in [1.29, 1.82) is 0 Å². The van der Waals surface area contributed by atoms with Gasteiger partial charge in [0.25, 0.3) is 0 Å². The number of hydrogen-bond acceptors (Lipinski definition) is 2. The number of aryl methyl sites for hydroxylation is 1. The zero-order valence-corrected chi connectivity index (χ0v) is 13.4. The van der Waals surface area contributed by atoms with Gasteiger partial charge >= 0.3 is 6.03 Å². The van der Waals surface area contributed by atoms with Gasteiger partial charge in [0.1, 0.15) is 23.5 Å². The van der Waals surface area contributed by atoms with Gasteiger partial charge in [-0.2, -0.15) is 0 Å². The maximum absolute atomic E-state index is 13.6. The van der Waals surface area contributed by atoms with E-state index in [1.54, 1.807) is 36.1 Å². The SMILES string of the molecule is Cn1ccnc1C(NC(=O)Nc1ccc(F)cc1)c1cccc(F)c1. The Morgan fingerprint density at radius 1 is 1.12 bits per heavy atom. The summed E-state index contributed by atoms with van der Waals surface area (Å²) in [6.07, 6.45) is 3.34. The van der Waals surface area contributed by atoms with Crippen LogP contribution in [0, 0.1) is 11.6 Å². The molecule has 2 amide bonds. The van der Waals surface area contributed by atoms with E-state index in [2.05, 4.69) is 15.6 Å². The summed E-state index contributed by atoms with van der Waals surface area (Å²) < 4.78 is 28.3. The lowest BCUT2D eigenvalue weighted by atomic mass is 10.1. The number of nitrogens with zero attached hydrogens (tertiary/aromatic N) is 2. The first kappa shape index (κ1) is 16.6. The molecule has 0 aliphatic carbocycles. The molecule has 128 valence electrons. The summed E-state index contributed by atoms with van der Waals surface area (Å²) in [6.45, 7) is 0. The number of hydrogen-bond donors (Lipinski definition) is 2. The summed E-state index contributed by atoms with van der Waals surface area (Å²) in [6, 6.07) is 10.2. The fourth-order valence-electron chi connectivity index (χ4n) is 2.47. The zero-order chi connectivity index (χ0) is 17.8. The molecule has 0 fully saturated rings. The molecule has 0 aliphatic heterocycles. The summed E-state index contributed by atoms with van der Waals surface area (Å²) in [5, 5.41) is 5.39. The summed E-state index contributed by atoms with van der Waals surface area (Å²) in [4.78, 5) is 16.6. The first-order valence-electron chi connectivity index (χ1n) is 7.59. The molecule has 1 atom stereocenters. The van der Waals surface area contributed by atoms with Crippen LogP contribution in [0.15, 0.2) is 60.9 Å². The molecule has 1 unspecified atom stereocenters. The van der Waals surface area contributed by atoms with Gasteiger partial charge in [-0.1, -0.05) is 12.1 Å². The lowest BCUT2D eigenvalue weighted by Crippen LogP contribution is -2.34. The molecule has 0 aliphatic rings. The minimum Gasteiger partial charge on any atom is -0.336 e. The van der Waals surface area contributed by atoms with Gasteiger partial charge in [-0.05, 0) is 42.0 Å². The van der Waals surface area contributed by atoms with Gasteiger partial charge < -0.3 is 15.2 Å². The van der Waals surface area contributed by atoms with E-state index < -0.39 is 23.7 Å².